The van der Waals surface area contributed by atoms with E-state index in [-0.39, 0.29) is 11.7 Å². The number of nitrogens with one attached hydrogen (secondary N) is 1. The SMILES string of the molecule is CNc1cc(C)nc([C@@]2(C)CCCN2C(=O)c2cnco2)n1. The Labute approximate surface area is 128 Å². The number of carbonyl (C=O) groups is 1. The molecule has 1 aliphatic heterocycles. The van der Waals surface area contributed by atoms with Gasteiger partial charge < -0.3 is 14.6 Å². The van der Waals surface area contributed by atoms with Crippen LogP contribution in [-0.2, 0) is 5.54 Å². The van der Waals surface area contributed by atoms with Gasteiger partial charge in [-0.1, -0.05) is 0 Å². The molecule has 1 N–H and O–H groups in total. The van der Waals surface area contributed by atoms with Crippen molar-refractivity contribution in [3.05, 3.63) is 35.9 Å². The monoisotopic (exact) mass is 301 g/mol. The number of nitrogens with zero attached hydrogens (tertiary/aromatic N) is 4. The summed E-state index contributed by atoms with van der Waals surface area (Å²) in [6, 6.07) is 1.88. The summed E-state index contributed by atoms with van der Waals surface area (Å²) in [5.41, 5.74) is 0.330. The molecule has 0 radical (unpaired) electrons. The molecule has 2 aromatic heterocycles. The summed E-state index contributed by atoms with van der Waals surface area (Å²) >= 11 is 0. The standard InChI is InChI=1S/C15H19N5O2/c1-10-7-12(16-3)19-14(18-10)15(2)5-4-6-20(15)13(21)11-8-17-9-22-11/h7-9H,4-6H2,1-3H3,(H,16,18,19)/t15-/m1/s1. The molecule has 0 aromatic carbocycles. The normalized spacial score (nSPS) is 21.1. The minimum absolute atomic E-state index is 0.173. The molecule has 1 amide bonds. The second-order valence-electron chi connectivity index (χ2n) is 5.67. The minimum Gasteiger partial charge on any atom is -0.438 e. The lowest BCUT2D eigenvalue weighted by atomic mass is 9.97. The van der Waals surface area contributed by atoms with E-state index in [1.165, 1.54) is 12.6 Å². The fraction of sp³-hybridized carbons (Fsp3) is 0.467. The number of hydrogen-bond acceptors (Lipinski definition) is 6. The van der Waals surface area contributed by atoms with E-state index in [9.17, 15) is 4.79 Å². The second kappa shape index (κ2) is 5.40. The summed E-state index contributed by atoms with van der Waals surface area (Å²) in [6.45, 7) is 4.58. The summed E-state index contributed by atoms with van der Waals surface area (Å²) in [4.78, 5) is 27.4. The van der Waals surface area contributed by atoms with Gasteiger partial charge in [0.1, 0.15) is 11.4 Å². The molecule has 3 rings (SSSR count). The van der Waals surface area contributed by atoms with Crippen LogP contribution >= 0.6 is 0 Å². The number of anilines is 1. The van der Waals surface area contributed by atoms with Gasteiger partial charge in [0.25, 0.3) is 5.91 Å². The zero-order chi connectivity index (χ0) is 15.7. The maximum absolute atomic E-state index is 12.7. The first kappa shape index (κ1) is 14.5. The molecule has 1 saturated heterocycles. The topological polar surface area (TPSA) is 84.2 Å². The van der Waals surface area contributed by atoms with Crippen molar-refractivity contribution >= 4 is 11.7 Å². The van der Waals surface area contributed by atoms with Crippen LogP contribution < -0.4 is 5.32 Å². The fourth-order valence-electron chi connectivity index (χ4n) is 2.91. The van der Waals surface area contributed by atoms with E-state index in [1.807, 2.05) is 27.0 Å². The highest BCUT2D eigenvalue weighted by atomic mass is 16.3. The van der Waals surface area contributed by atoms with Gasteiger partial charge in [0.15, 0.2) is 12.2 Å². The third-order valence-corrected chi connectivity index (χ3v) is 4.12. The maximum Gasteiger partial charge on any atom is 0.292 e. The summed E-state index contributed by atoms with van der Waals surface area (Å²) in [6.07, 6.45) is 4.43. The first-order chi connectivity index (χ1) is 10.5. The molecule has 0 spiro atoms. The van der Waals surface area contributed by atoms with Crippen LogP contribution in [0.4, 0.5) is 5.82 Å². The predicted molar refractivity (Wildman–Crippen MR) is 80.4 cm³/mol. The molecule has 1 atom stereocenters. The molecule has 1 aliphatic rings. The molecule has 7 heteroatoms. The molecule has 2 aromatic rings. The molecule has 116 valence electrons. The zero-order valence-electron chi connectivity index (χ0n) is 13.0. The summed E-state index contributed by atoms with van der Waals surface area (Å²) in [5, 5.41) is 3.04. The number of amides is 1. The quantitative estimate of drug-likeness (QED) is 0.933. The van der Waals surface area contributed by atoms with Crippen molar-refractivity contribution in [3.8, 4) is 0 Å². The van der Waals surface area contributed by atoms with Crippen molar-refractivity contribution in [1.29, 1.82) is 0 Å². The zero-order valence-corrected chi connectivity index (χ0v) is 13.0. The predicted octanol–water partition coefficient (Wildman–Crippen LogP) is 1.97. The molecular weight excluding hydrogens is 282 g/mol. The summed E-state index contributed by atoms with van der Waals surface area (Å²) < 4.78 is 5.15. The number of oxazole rings is 1. The Hall–Kier alpha value is -2.44. The van der Waals surface area contributed by atoms with Crippen LogP contribution in [0.1, 0.15) is 41.8 Å². The van der Waals surface area contributed by atoms with Crippen LogP contribution in [0.15, 0.2) is 23.1 Å². The van der Waals surface area contributed by atoms with Gasteiger partial charge in [0.05, 0.1) is 6.20 Å². The average molecular weight is 301 g/mol. The van der Waals surface area contributed by atoms with Crippen molar-refractivity contribution in [1.82, 2.24) is 19.9 Å². The van der Waals surface area contributed by atoms with E-state index < -0.39 is 5.54 Å². The number of hydrogen-bond donors (Lipinski definition) is 1. The van der Waals surface area contributed by atoms with Gasteiger partial charge >= 0.3 is 0 Å². The minimum atomic E-state index is -0.540. The number of aromatic nitrogens is 3. The van der Waals surface area contributed by atoms with E-state index in [1.54, 1.807) is 4.90 Å². The van der Waals surface area contributed by atoms with Gasteiger partial charge in [-0.15, -0.1) is 0 Å². The first-order valence-corrected chi connectivity index (χ1v) is 7.29. The highest BCUT2D eigenvalue weighted by molar-refractivity contribution is 5.92. The molecule has 7 nitrogen and oxygen atoms in total. The Kier molecular flexibility index (Phi) is 3.56. The largest absolute Gasteiger partial charge is 0.438 e. The Morgan fingerprint density at radius 1 is 1.45 bits per heavy atom. The smallest absolute Gasteiger partial charge is 0.292 e. The Bertz CT molecular complexity index is 685. The first-order valence-electron chi connectivity index (χ1n) is 7.29. The van der Waals surface area contributed by atoms with Crippen LogP contribution in [0, 0.1) is 6.92 Å². The molecule has 3 heterocycles. The summed E-state index contributed by atoms with van der Waals surface area (Å²) in [5.74, 6) is 1.48. The Morgan fingerprint density at radius 3 is 2.95 bits per heavy atom. The van der Waals surface area contributed by atoms with Crippen LogP contribution in [-0.4, -0.2) is 39.4 Å². The summed E-state index contributed by atoms with van der Waals surface area (Å²) in [7, 11) is 1.82. The number of aryl methyl sites for hydroxylation is 1. The van der Waals surface area contributed by atoms with Crippen molar-refractivity contribution in [2.45, 2.75) is 32.2 Å². The van der Waals surface area contributed by atoms with E-state index in [0.717, 1.165) is 24.4 Å². The molecule has 1 fully saturated rings. The fourth-order valence-corrected chi connectivity index (χ4v) is 2.91. The van der Waals surface area contributed by atoms with E-state index >= 15 is 0 Å². The molecule has 0 bridgehead atoms. The van der Waals surface area contributed by atoms with Crippen LogP contribution in [0.2, 0.25) is 0 Å². The Balaban J connectivity index is 2.00. The lowest BCUT2D eigenvalue weighted by molar-refractivity contribution is 0.0571. The van der Waals surface area contributed by atoms with Crippen LogP contribution in [0.5, 0.6) is 0 Å². The third kappa shape index (κ3) is 2.32. The van der Waals surface area contributed by atoms with E-state index in [4.69, 9.17) is 4.42 Å². The van der Waals surface area contributed by atoms with Gasteiger partial charge in [-0.3, -0.25) is 4.79 Å². The second-order valence-corrected chi connectivity index (χ2v) is 5.67. The number of likely N-dealkylation sites (tertiary alicyclic amines) is 1. The van der Waals surface area contributed by atoms with Gasteiger partial charge in [0.2, 0.25) is 5.76 Å². The van der Waals surface area contributed by atoms with Gasteiger partial charge in [-0.2, -0.15) is 0 Å². The number of carbonyl (C=O) groups excluding carboxylic acids is 1. The molecule has 0 aliphatic carbocycles. The van der Waals surface area contributed by atoms with Gasteiger partial charge in [0, 0.05) is 25.4 Å². The maximum atomic E-state index is 12.7. The van der Waals surface area contributed by atoms with Crippen molar-refractivity contribution < 1.29 is 9.21 Å². The van der Waals surface area contributed by atoms with Crippen molar-refractivity contribution in [2.24, 2.45) is 0 Å². The molecule has 0 saturated carbocycles. The number of rotatable bonds is 3. The van der Waals surface area contributed by atoms with Gasteiger partial charge in [-0.25, -0.2) is 15.0 Å². The molecular formula is C15H19N5O2. The lowest BCUT2D eigenvalue weighted by Crippen LogP contribution is -2.44. The van der Waals surface area contributed by atoms with Crippen molar-refractivity contribution in [2.75, 3.05) is 18.9 Å². The van der Waals surface area contributed by atoms with Gasteiger partial charge in [-0.05, 0) is 26.7 Å². The third-order valence-electron chi connectivity index (χ3n) is 4.12. The van der Waals surface area contributed by atoms with Crippen molar-refractivity contribution in [3.63, 3.8) is 0 Å². The van der Waals surface area contributed by atoms with E-state index in [2.05, 4.69) is 20.3 Å². The lowest BCUT2D eigenvalue weighted by Gasteiger charge is -2.33. The van der Waals surface area contributed by atoms with Crippen LogP contribution in [0.3, 0.4) is 0 Å². The van der Waals surface area contributed by atoms with Crippen LogP contribution in [0.25, 0.3) is 0 Å². The molecule has 0 unspecified atom stereocenters. The highest BCUT2D eigenvalue weighted by Crippen LogP contribution is 2.38. The molecule has 22 heavy (non-hydrogen) atoms. The average Bonchev–Trinajstić information content (AvgIpc) is 3.16. The highest BCUT2D eigenvalue weighted by Gasteiger charge is 2.44. The van der Waals surface area contributed by atoms with E-state index in [0.29, 0.717) is 12.4 Å². The Morgan fingerprint density at radius 2 is 2.27 bits per heavy atom.